The van der Waals surface area contributed by atoms with E-state index in [0.29, 0.717) is 5.56 Å². The molecule has 17 heavy (non-hydrogen) atoms. The molecule has 0 saturated heterocycles. The van der Waals surface area contributed by atoms with Crippen LogP contribution in [-0.2, 0) is 6.54 Å². The third-order valence-corrected chi connectivity index (χ3v) is 2.55. The van der Waals surface area contributed by atoms with Gasteiger partial charge in [-0.1, -0.05) is 0 Å². The Morgan fingerprint density at radius 1 is 1.47 bits per heavy atom. The third-order valence-electron chi connectivity index (χ3n) is 2.55. The second kappa shape index (κ2) is 4.37. The molecule has 2 rings (SSSR count). The minimum atomic E-state index is -1.06. The molecular weight excluding hydrogens is 223 g/mol. The van der Waals surface area contributed by atoms with Gasteiger partial charge in [-0.15, -0.1) is 0 Å². The fourth-order valence-corrected chi connectivity index (χ4v) is 1.63. The van der Waals surface area contributed by atoms with Gasteiger partial charge in [0, 0.05) is 11.9 Å². The number of hydrogen-bond donors (Lipinski definition) is 1. The van der Waals surface area contributed by atoms with E-state index in [2.05, 4.69) is 5.10 Å². The average Bonchev–Trinajstić information content (AvgIpc) is 2.64. The van der Waals surface area contributed by atoms with Crippen molar-refractivity contribution in [1.82, 2.24) is 9.78 Å². The second-order valence-corrected chi connectivity index (χ2v) is 3.74. The van der Waals surface area contributed by atoms with Crippen molar-refractivity contribution in [3.05, 3.63) is 53.1 Å². The molecule has 0 fully saturated rings. The van der Waals surface area contributed by atoms with Crippen LogP contribution in [0.3, 0.4) is 0 Å². The first-order valence-electron chi connectivity index (χ1n) is 5.08. The Morgan fingerprint density at radius 3 is 2.82 bits per heavy atom. The van der Waals surface area contributed by atoms with Crippen molar-refractivity contribution >= 4 is 5.97 Å². The molecule has 0 aliphatic heterocycles. The Labute approximate surface area is 97.3 Å². The lowest BCUT2D eigenvalue weighted by Gasteiger charge is -2.08. The normalized spacial score (nSPS) is 10.5. The Balaban J connectivity index is 2.41. The first-order chi connectivity index (χ1) is 8.08. The van der Waals surface area contributed by atoms with E-state index in [9.17, 15) is 9.18 Å². The molecule has 1 aromatic carbocycles. The zero-order valence-corrected chi connectivity index (χ0v) is 9.22. The first-order valence-corrected chi connectivity index (χ1v) is 5.08. The van der Waals surface area contributed by atoms with Crippen molar-refractivity contribution in [1.29, 1.82) is 0 Å². The lowest BCUT2D eigenvalue weighted by atomic mass is 10.1. The van der Waals surface area contributed by atoms with Gasteiger partial charge in [0.05, 0.1) is 12.1 Å². The lowest BCUT2D eigenvalue weighted by Crippen LogP contribution is -2.09. The number of benzene rings is 1. The number of carboxylic acid groups (broad SMARTS) is 1. The van der Waals surface area contributed by atoms with Gasteiger partial charge in [-0.3, -0.25) is 4.68 Å². The number of hydrogen-bond acceptors (Lipinski definition) is 2. The number of nitrogens with zero attached hydrogens (tertiary/aromatic N) is 2. The molecule has 1 aromatic heterocycles. The topological polar surface area (TPSA) is 55.1 Å². The molecule has 2 aromatic rings. The second-order valence-electron chi connectivity index (χ2n) is 3.74. The molecule has 0 amide bonds. The Kier molecular flexibility index (Phi) is 2.91. The molecule has 4 nitrogen and oxygen atoms in total. The molecule has 0 radical (unpaired) electrons. The number of aromatic carboxylic acids is 1. The van der Waals surface area contributed by atoms with Gasteiger partial charge in [0.2, 0.25) is 0 Å². The van der Waals surface area contributed by atoms with Gasteiger partial charge in [-0.05, 0) is 36.8 Å². The fourth-order valence-electron chi connectivity index (χ4n) is 1.63. The smallest absolute Gasteiger partial charge is 0.336 e. The third kappa shape index (κ3) is 2.33. The maximum atomic E-state index is 13.1. The number of carbonyl (C=O) groups is 1. The van der Waals surface area contributed by atoms with E-state index in [1.165, 1.54) is 12.1 Å². The average molecular weight is 234 g/mol. The van der Waals surface area contributed by atoms with E-state index >= 15 is 0 Å². The van der Waals surface area contributed by atoms with Crippen molar-refractivity contribution in [2.75, 3.05) is 0 Å². The van der Waals surface area contributed by atoms with Crippen LogP contribution >= 0.6 is 0 Å². The van der Waals surface area contributed by atoms with Crippen molar-refractivity contribution in [2.24, 2.45) is 0 Å². The van der Waals surface area contributed by atoms with Gasteiger partial charge in [0.25, 0.3) is 0 Å². The molecule has 0 bridgehead atoms. The van der Waals surface area contributed by atoms with Crippen LogP contribution in [0.2, 0.25) is 0 Å². The summed E-state index contributed by atoms with van der Waals surface area (Å²) >= 11 is 0. The molecule has 0 spiro atoms. The summed E-state index contributed by atoms with van der Waals surface area (Å²) in [5.41, 5.74) is 1.40. The summed E-state index contributed by atoms with van der Waals surface area (Å²) in [6.07, 6.45) is 1.62. The van der Waals surface area contributed by atoms with Gasteiger partial charge in [-0.25, -0.2) is 9.18 Å². The zero-order chi connectivity index (χ0) is 12.4. The zero-order valence-electron chi connectivity index (χ0n) is 9.22. The molecule has 0 aliphatic rings. The minimum absolute atomic E-state index is 0.0984. The molecule has 5 heteroatoms. The predicted octanol–water partition coefficient (Wildman–Crippen LogP) is 2.08. The van der Waals surface area contributed by atoms with Gasteiger partial charge in [-0.2, -0.15) is 5.10 Å². The van der Waals surface area contributed by atoms with E-state index in [1.807, 2.05) is 6.92 Å². The predicted molar refractivity (Wildman–Crippen MR) is 59.4 cm³/mol. The molecule has 1 N–H and O–H groups in total. The Morgan fingerprint density at radius 2 is 2.24 bits per heavy atom. The Bertz CT molecular complexity index is 563. The first kappa shape index (κ1) is 11.3. The van der Waals surface area contributed by atoms with Crippen LogP contribution in [0.4, 0.5) is 4.39 Å². The van der Waals surface area contributed by atoms with Crippen LogP contribution in [0.15, 0.2) is 30.5 Å². The monoisotopic (exact) mass is 234 g/mol. The molecule has 0 atom stereocenters. The van der Waals surface area contributed by atoms with Crippen LogP contribution in [0.5, 0.6) is 0 Å². The van der Waals surface area contributed by atoms with Crippen LogP contribution in [0.25, 0.3) is 0 Å². The quantitative estimate of drug-likeness (QED) is 0.884. The lowest BCUT2D eigenvalue weighted by molar-refractivity contribution is 0.0695. The van der Waals surface area contributed by atoms with Crippen molar-refractivity contribution in [3.63, 3.8) is 0 Å². The van der Waals surface area contributed by atoms with Gasteiger partial charge < -0.3 is 5.11 Å². The number of aryl methyl sites for hydroxylation is 1. The molecule has 0 aliphatic carbocycles. The summed E-state index contributed by atoms with van der Waals surface area (Å²) < 4.78 is 14.7. The number of aromatic nitrogens is 2. The summed E-state index contributed by atoms with van der Waals surface area (Å²) in [5, 5.41) is 13.0. The fraction of sp³-hybridized carbons (Fsp3) is 0.167. The minimum Gasteiger partial charge on any atom is -0.478 e. The molecule has 0 saturated carbocycles. The van der Waals surface area contributed by atoms with Crippen LogP contribution < -0.4 is 0 Å². The van der Waals surface area contributed by atoms with E-state index in [1.54, 1.807) is 16.9 Å². The number of halogens is 1. The van der Waals surface area contributed by atoms with Gasteiger partial charge in [0.15, 0.2) is 0 Å². The molecule has 1 heterocycles. The molecular formula is C12H11FN2O2. The van der Waals surface area contributed by atoms with Crippen molar-refractivity contribution < 1.29 is 14.3 Å². The SMILES string of the molecule is Cc1ccnn1Cc1cc(F)ccc1C(=O)O. The summed E-state index contributed by atoms with van der Waals surface area (Å²) in [7, 11) is 0. The van der Waals surface area contributed by atoms with E-state index < -0.39 is 11.8 Å². The highest BCUT2D eigenvalue weighted by Crippen LogP contribution is 2.13. The highest BCUT2D eigenvalue weighted by atomic mass is 19.1. The molecule has 88 valence electrons. The number of carboxylic acids is 1. The van der Waals surface area contributed by atoms with Crippen LogP contribution in [0, 0.1) is 12.7 Å². The van der Waals surface area contributed by atoms with Crippen LogP contribution in [0.1, 0.15) is 21.6 Å². The van der Waals surface area contributed by atoms with Crippen LogP contribution in [-0.4, -0.2) is 20.9 Å². The largest absolute Gasteiger partial charge is 0.478 e. The van der Waals surface area contributed by atoms with Crippen molar-refractivity contribution in [2.45, 2.75) is 13.5 Å². The standard InChI is InChI=1S/C12H11FN2O2/c1-8-4-5-14-15(8)7-9-6-10(13)2-3-11(9)12(16)17/h2-6H,7H2,1H3,(H,16,17). The van der Waals surface area contributed by atoms with E-state index in [4.69, 9.17) is 5.11 Å². The van der Waals surface area contributed by atoms with Gasteiger partial charge in [0.1, 0.15) is 5.82 Å². The van der Waals surface area contributed by atoms with E-state index in [-0.39, 0.29) is 12.1 Å². The number of rotatable bonds is 3. The van der Waals surface area contributed by atoms with Gasteiger partial charge >= 0.3 is 5.97 Å². The highest BCUT2D eigenvalue weighted by molar-refractivity contribution is 5.89. The summed E-state index contributed by atoms with van der Waals surface area (Å²) in [6.45, 7) is 2.10. The van der Waals surface area contributed by atoms with E-state index in [0.717, 1.165) is 11.8 Å². The highest BCUT2D eigenvalue weighted by Gasteiger charge is 2.12. The summed E-state index contributed by atoms with van der Waals surface area (Å²) in [4.78, 5) is 11.0. The summed E-state index contributed by atoms with van der Waals surface area (Å²) in [6, 6.07) is 5.44. The Hall–Kier alpha value is -2.17. The maximum absolute atomic E-state index is 13.1. The molecule has 0 unspecified atom stereocenters. The van der Waals surface area contributed by atoms with Crippen molar-refractivity contribution in [3.8, 4) is 0 Å². The maximum Gasteiger partial charge on any atom is 0.336 e. The summed E-state index contributed by atoms with van der Waals surface area (Å²) in [5.74, 6) is -1.51.